The molecule has 0 bridgehead atoms. The maximum absolute atomic E-state index is 10.8. The smallest absolute Gasteiger partial charge is 0.0820 e. The molecule has 1 atom stereocenters. The van der Waals surface area contributed by atoms with Crippen molar-refractivity contribution >= 4 is 0 Å². The van der Waals surface area contributed by atoms with E-state index in [0.29, 0.717) is 17.8 Å². The Morgan fingerprint density at radius 1 is 0.900 bits per heavy atom. The first-order valence-corrected chi connectivity index (χ1v) is 8.32. The Balaban J connectivity index is 2.29. The molecule has 1 N–H and O–H groups in total. The van der Waals surface area contributed by atoms with E-state index in [1.54, 1.807) is 0 Å². The highest BCUT2D eigenvalue weighted by molar-refractivity contribution is 5.37. The monoisotopic (exact) mass is 274 g/mol. The Bertz CT molecular complexity index is 427. The van der Waals surface area contributed by atoms with Crippen LogP contribution >= 0.6 is 0 Å². The van der Waals surface area contributed by atoms with Crippen LogP contribution in [0.25, 0.3) is 0 Å². The van der Waals surface area contributed by atoms with Crippen LogP contribution in [0.3, 0.4) is 0 Å². The zero-order valence-corrected chi connectivity index (χ0v) is 13.5. The van der Waals surface area contributed by atoms with Crippen molar-refractivity contribution in [2.75, 3.05) is 0 Å². The molecular weight excluding hydrogens is 244 g/mol. The van der Waals surface area contributed by atoms with Crippen LogP contribution < -0.4 is 0 Å². The molecule has 2 rings (SSSR count). The second kappa shape index (κ2) is 6.76. The van der Waals surface area contributed by atoms with Crippen LogP contribution in [0.4, 0.5) is 0 Å². The fourth-order valence-electron chi connectivity index (χ4n) is 3.43. The molecular formula is C19H30O. The average molecular weight is 274 g/mol. The van der Waals surface area contributed by atoms with Gasteiger partial charge in [-0.1, -0.05) is 65.2 Å². The van der Waals surface area contributed by atoms with E-state index in [0.717, 1.165) is 0 Å². The SMILES string of the molecule is CC(C)c1ccc(C(O)C2CCCCC2)c(C(C)C)c1. The number of aliphatic hydroxyl groups is 1. The summed E-state index contributed by atoms with van der Waals surface area (Å²) in [6.45, 7) is 8.93. The molecule has 1 aromatic carbocycles. The Kier molecular flexibility index (Phi) is 5.26. The van der Waals surface area contributed by atoms with Crippen molar-refractivity contribution in [1.29, 1.82) is 0 Å². The van der Waals surface area contributed by atoms with E-state index in [2.05, 4.69) is 45.9 Å². The van der Waals surface area contributed by atoms with Crippen LogP contribution in [-0.2, 0) is 0 Å². The number of benzene rings is 1. The molecule has 1 saturated carbocycles. The fraction of sp³-hybridized carbons (Fsp3) is 0.684. The zero-order valence-electron chi connectivity index (χ0n) is 13.5. The number of hydrogen-bond donors (Lipinski definition) is 1. The van der Waals surface area contributed by atoms with E-state index in [4.69, 9.17) is 0 Å². The van der Waals surface area contributed by atoms with Gasteiger partial charge in [-0.05, 0) is 47.3 Å². The molecule has 0 spiro atoms. The third-order valence-corrected chi connectivity index (χ3v) is 4.81. The van der Waals surface area contributed by atoms with Gasteiger partial charge in [0.05, 0.1) is 6.10 Å². The summed E-state index contributed by atoms with van der Waals surface area (Å²) in [5.41, 5.74) is 3.90. The van der Waals surface area contributed by atoms with Gasteiger partial charge >= 0.3 is 0 Å². The van der Waals surface area contributed by atoms with Crippen molar-refractivity contribution in [3.8, 4) is 0 Å². The molecule has 112 valence electrons. The van der Waals surface area contributed by atoms with E-state index in [1.807, 2.05) is 0 Å². The average Bonchev–Trinajstić information content (AvgIpc) is 2.46. The number of rotatable bonds is 4. The maximum Gasteiger partial charge on any atom is 0.0820 e. The summed E-state index contributed by atoms with van der Waals surface area (Å²) in [5.74, 6) is 1.49. The van der Waals surface area contributed by atoms with Gasteiger partial charge in [0.25, 0.3) is 0 Å². The van der Waals surface area contributed by atoms with Crippen molar-refractivity contribution in [3.05, 3.63) is 34.9 Å². The summed E-state index contributed by atoms with van der Waals surface area (Å²) in [4.78, 5) is 0. The molecule has 1 aliphatic carbocycles. The first-order valence-electron chi connectivity index (χ1n) is 8.32. The van der Waals surface area contributed by atoms with Crippen molar-refractivity contribution in [3.63, 3.8) is 0 Å². The molecule has 0 saturated heterocycles. The van der Waals surface area contributed by atoms with E-state index in [1.165, 1.54) is 48.8 Å². The minimum atomic E-state index is -0.270. The number of aliphatic hydroxyl groups excluding tert-OH is 1. The molecule has 0 aliphatic heterocycles. The first kappa shape index (κ1) is 15.6. The fourth-order valence-corrected chi connectivity index (χ4v) is 3.43. The van der Waals surface area contributed by atoms with Gasteiger partial charge in [-0.3, -0.25) is 0 Å². The van der Waals surface area contributed by atoms with Gasteiger partial charge in [-0.25, -0.2) is 0 Å². The van der Waals surface area contributed by atoms with E-state index >= 15 is 0 Å². The molecule has 1 nitrogen and oxygen atoms in total. The van der Waals surface area contributed by atoms with Crippen LogP contribution in [0, 0.1) is 5.92 Å². The lowest BCUT2D eigenvalue weighted by atomic mass is 9.79. The molecule has 1 aromatic rings. The van der Waals surface area contributed by atoms with Crippen LogP contribution in [0.5, 0.6) is 0 Å². The van der Waals surface area contributed by atoms with E-state index < -0.39 is 0 Å². The second-order valence-corrected chi connectivity index (χ2v) is 7.04. The third-order valence-electron chi connectivity index (χ3n) is 4.81. The molecule has 0 radical (unpaired) electrons. The van der Waals surface area contributed by atoms with Gasteiger partial charge in [-0.2, -0.15) is 0 Å². The van der Waals surface area contributed by atoms with Crippen LogP contribution in [-0.4, -0.2) is 5.11 Å². The summed E-state index contributed by atoms with van der Waals surface area (Å²) in [5, 5.41) is 10.8. The second-order valence-electron chi connectivity index (χ2n) is 7.04. The predicted octanol–water partition coefficient (Wildman–Crippen LogP) is 5.55. The Hall–Kier alpha value is -0.820. The van der Waals surface area contributed by atoms with Crippen LogP contribution in [0.15, 0.2) is 18.2 Å². The van der Waals surface area contributed by atoms with Crippen LogP contribution in [0.1, 0.15) is 94.4 Å². The zero-order chi connectivity index (χ0) is 14.7. The largest absolute Gasteiger partial charge is 0.388 e. The van der Waals surface area contributed by atoms with E-state index in [-0.39, 0.29) is 6.10 Å². The number of hydrogen-bond acceptors (Lipinski definition) is 1. The van der Waals surface area contributed by atoms with Gasteiger partial charge in [0.2, 0.25) is 0 Å². The minimum absolute atomic E-state index is 0.270. The normalized spacial score (nSPS) is 18.8. The Morgan fingerprint density at radius 2 is 1.55 bits per heavy atom. The lowest BCUT2D eigenvalue weighted by Crippen LogP contribution is -2.17. The lowest BCUT2D eigenvalue weighted by molar-refractivity contribution is 0.0838. The summed E-state index contributed by atoms with van der Waals surface area (Å²) >= 11 is 0. The molecule has 20 heavy (non-hydrogen) atoms. The van der Waals surface area contributed by atoms with Gasteiger partial charge in [-0.15, -0.1) is 0 Å². The highest BCUT2D eigenvalue weighted by Crippen LogP contribution is 2.38. The van der Waals surface area contributed by atoms with Gasteiger partial charge in [0, 0.05) is 0 Å². The Labute approximate surface area is 124 Å². The first-order chi connectivity index (χ1) is 9.50. The molecule has 0 aromatic heterocycles. The summed E-state index contributed by atoms with van der Waals surface area (Å²) in [7, 11) is 0. The van der Waals surface area contributed by atoms with Gasteiger partial charge in [0.15, 0.2) is 0 Å². The predicted molar refractivity (Wildman–Crippen MR) is 86.2 cm³/mol. The standard InChI is InChI=1S/C19H30O/c1-13(2)16-10-11-17(18(12-16)14(3)4)19(20)15-8-6-5-7-9-15/h10-15,19-20H,5-9H2,1-4H3. The third kappa shape index (κ3) is 3.44. The molecule has 1 heteroatoms. The van der Waals surface area contributed by atoms with Crippen molar-refractivity contribution < 1.29 is 5.11 Å². The summed E-state index contributed by atoms with van der Waals surface area (Å²) < 4.78 is 0. The summed E-state index contributed by atoms with van der Waals surface area (Å²) in [6.07, 6.45) is 6.00. The van der Waals surface area contributed by atoms with Crippen molar-refractivity contribution in [1.82, 2.24) is 0 Å². The highest BCUT2D eigenvalue weighted by atomic mass is 16.3. The van der Waals surface area contributed by atoms with Crippen molar-refractivity contribution in [2.24, 2.45) is 5.92 Å². The lowest BCUT2D eigenvalue weighted by Gasteiger charge is -2.29. The highest BCUT2D eigenvalue weighted by Gasteiger charge is 2.25. The molecule has 1 unspecified atom stereocenters. The molecule has 1 fully saturated rings. The van der Waals surface area contributed by atoms with Gasteiger partial charge < -0.3 is 5.11 Å². The Morgan fingerprint density at radius 3 is 2.10 bits per heavy atom. The minimum Gasteiger partial charge on any atom is -0.388 e. The van der Waals surface area contributed by atoms with E-state index in [9.17, 15) is 5.11 Å². The quantitative estimate of drug-likeness (QED) is 0.763. The molecule has 0 amide bonds. The van der Waals surface area contributed by atoms with Gasteiger partial charge in [0.1, 0.15) is 0 Å². The topological polar surface area (TPSA) is 20.2 Å². The summed E-state index contributed by atoms with van der Waals surface area (Å²) in [6, 6.07) is 6.71. The van der Waals surface area contributed by atoms with Crippen molar-refractivity contribution in [2.45, 2.75) is 77.7 Å². The molecule has 1 aliphatic rings. The maximum atomic E-state index is 10.8. The molecule has 0 heterocycles. The van der Waals surface area contributed by atoms with Crippen LogP contribution in [0.2, 0.25) is 0 Å².